The summed E-state index contributed by atoms with van der Waals surface area (Å²) < 4.78 is 12.9. The molecule has 0 aliphatic carbocycles. The molecule has 3 aliphatic heterocycles. The van der Waals surface area contributed by atoms with Crippen LogP contribution in [-0.2, 0) is 43.7 Å². The molecule has 382 valence electrons. The molecule has 2 atom stereocenters. The Labute approximate surface area is 434 Å². The number of benzene rings is 5. The highest BCUT2D eigenvalue weighted by molar-refractivity contribution is 6.32. The zero-order valence-corrected chi connectivity index (χ0v) is 41.9. The van der Waals surface area contributed by atoms with Gasteiger partial charge in [-0.05, 0) is 110 Å². The van der Waals surface area contributed by atoms with E-state index in [0.717, 1.165) is 51.1 Å². The van der Waals surface area contributed by atoms with Gasteiger partial charge in [-0.25, -0.2) is 0 Å². The second kappa shape index (κ2) is 24.7. The van der Waals surface area contributed by atoms with E-state index >= 15 is 0 Å². The number of carbonyl (C=O) groups is 7. The van der Waals surface area contributed by atoms with Crippen molar-refractivity contribution in [3.05, 3.63) is 147 Å². The van der Waals surface area contributed by atoms with Gasteiger partial charge in [0.25, 0.3) is 11.8 Å². The molecule has 5 aromatic rings. The fourth-order valence-electron chi connectivity index (χ4n) is 9.59. The number of ether oxygens (including phenoxy) is 2. The highest BCUT2D eigenvalue weighted by atomic mass is 35.5. The normalized spacial score (nSPS) is 16.5. The summed E-state index contributed by atoms with van der Waals surface area (Å²) in [5, 5.41) is 20.7. The average molecular weight is 1020 g/mol. The van der Waals surface area contributed by atoms with Crippen molar-refractivity contribution in [2.75, 3.05) is 25.0 Å². The summed E-state index contributed by atoms with van der Waals surface area (Å²) >= 11 is 6.96. The first-order valence-electron chi connectivity index (χ1n) is 25.0. The second-order valence-electron chi connectivity index (χ2n) is 18.6. The topological polar surface area (TPSA) is 216 Å². The molecule has 16 nitrogen and oxygen atoms in total. The predicted molar refractivity (Wildman–Crippen MR) is 277 cm³/mol. The van der Waals surface area contributed by atoms with Crippen LogP contribution in [0.15, 0.2) is 103 Å². The minimum atomic E-state index is -1.13. The summed E-state index contributed by atoms with van der Waals surface area (Å²) in [6.07, 6.45) is 4.04. The van der Waals surface area contributed by atoms with Gasteiger partial charge in [0, 0.05) is 50.5 Å². The van der Waals surface area contributed by atoms with E-state index in [2.05, 4.69) is 57.4 Å². The number of carbonyl (C=O) groups excluding carboxylic acids is 7. The Morgan fingerprint density at radius 1 is 0.757 bits per heavy atom. The Kier molecular flexibility index (Phi) is 17.5. The number of piperidine rings is 2. The van der Waals surface area contributed by atoms with Crippen LogP contribution in [0.2, 0.25) is 5.02 Å². The number of rotatable bonds is 21. The Balaban J connectivity index is 0.798. The Hall–Kier alpha value is -7.87. The number of anilines is 1. The van der Waals surface area contributed by atoms with Crippen molar-refractivity contribution in [2.24, 2.45) is 0 Å². The summed E-state index contributed by atoms with van der Waals surface area (Å²) in [6.45, 7) is 4.47. The number of amides is 7. The van der Waals surface area contributed by atoms with Crippen molar-refractivity contribution < 1.29 is 43.0 Å². The summed E-state index contributed by atoms with van der Waals surface area (Å²) in [7, 11) is 0. The maximum atomic E-state index is 13.7. The van der Waals surface area contributed by atoms with Gasteiger partial charge in [-0.2, -0.15) is 5.26 Å². The second-order valence-corrected chi connectivity index (χ2v) is 19.1. The molecule has 5 aromatic carbocycles. The highest BCUT2D eigenvalue weighted by Crippen LogP contribution is 2.37. The molecule has 2 saturated heterocycles. The van der Waals surface area contributed by atoms with Crippen LogP contribution in [0.25, 0.3) is 11.1 Å². The van der Waals surface area contributed by atoms with Crippen LogP contribution >= 0.6 is 11.6 Å². The van der Waals surface area contributed by atoms with Crippen LogP contribution in [0.5, 0.6) is 11.5 Å². The lowest BCUT2D eigenvalue weighted by molar-refractivity contribution is -0.136. The molecule has 7 amide bonds. The van der Waals surface area contributed by atoms with Crippen LogP contribution in [0, 0.1) is 18.3 Å². The summed E-state index contributed by atoms with van der Waals surface area (Å²) in [5.74, 6) is -2.36. The molecule has 2 fully saturated rings. The average Bonchev–Trinajstić information content (AvgIpc) is 3.66. The van der Waals surface area contributed by atoms with E-state index in [1.54, 1.807) is 12.1 Å². The van der Waals surface area contributed by atoms with E-state index in [1.165, 1.54) is 18.2 Å². The number of hydrogen-bond acceptors (Lipinski definition) is 11. The van der Waals surface area contributed by atoms with Gasteiger partial charge in [0.05, 0.1) is 39.5 Å². The quantitative estimate of drug-likeness (QED) is 0.0409. The SMILES string of the molecule is Cc1c(COc2cc(OCc3cccc(C#N)c3)c(CN3CCCCC3C(=O)NCCCCNC(=O)CCCC(=O)Nc3cccc4c3C(=O)N(C3CCC(=O)NC3=O)C4=O)cc2Cl)cccc1-c1ccccc1. The molecule has 17 heteroatoms. The highest BCUT2D eigenvalue weighted by Gasteiger charge is 2.45. The predicted octanol–water partition coefficient (Wildman–Crippen LogP) is 7.92. The number of fused-ring (bicyclic) bond motifs is 1. The summed E-state index contributed by atoms with van der Waals surface area (Å²) in [6, 6.07) is 32.4. The maximum absolute atomic E-state index is 13.7. The van der Waals surface area contributed by atoms with E-state index in [4.69, 9.17) is 21.1 Å². The van der Waals surface area contributed by atoms with Crippen LogP contribution in [0.4, 0.5) is 5.69 Å². The molecule has 0 aromatic heterocycles. The molecule has 0 bridgehead atoms. The molecular weight excluding hydrogens is 962 g/mol. The van der Waals surface area contributed by atoms with Gasteiger partial charge in [-0.3, -0.25) is 48.7 Å². The smallest absolute Gasteiger partial charge is 0.264 e. The van der Waals surface area contributed by atoms with Gasteiger partial charge in [-0.15, -0.1) is 0 Å². The van der Waals surface area contributed by atoms with Crippen molar-refractivity contribution in [1.82, 2.24) is 25.8 Å². The van der Waals surface area contributed by atoms with E-state index in [-0.39, 0.29) is 80.0 Å². The maximum Gasteiger partial charge on any atom is 0.264 e. The number of nitriles is 1. The van der Waals surface area contributed by atoms with Gasteiger partial charge in [0.2, 0.25) is 29.5 Å². The van der Waals surface area contributed by atoms with Gasteiger partial charge in [0.1, 0.15) is 30.8 Å². The van der Waals surface area contributed by atoms with Gasteiger partial charge < -0.3 is 25.4 Å². The largest absolute Gasteiger partial charge is 0.488 e. The van der Waals surface area contributed by atoms with E-state index < -0.39 is 35.6 Å². The fraction of sp³-hybridized carbons (Fsp3) is 0.333. The fourth-order valence-corrected chi connectivity index (χ4v) is 9.84. The number of unbranched alkanes of at least 4 members (excludes halogenated alkanes) is 1. The van der Waals surface area contributed by atoms with E-state index in [0.29, 0.717) is 67.5 Å². The molecule has 2 unspecified atom stereocenters. The first kappa shape index (κ1) is 52.5. The van der Waals surface area contributed by atoms with Crippen LogP contribution in [0.1, 0.15) is 113 Å². The first-order valence-corrected chi connectivity index (χ1v) is 25.4. The van der Waals surface area contributed by atoms with Crippen molar-refractivity contribution in [1.29, 1.82) is 5.26 Å². The minimum Gasteiger partial charge on any atom is -0.488 e. The molecule has 74 heavy (non-hydrogen) atoms. The summed E-state index contributed by atoms with van der Waals surface area (Å²) in [4.78, 5) is 92.9. The molecule has 0 spiro atoms. The zero-order chi connectivity index (χ0) is 52.1. The van der Waals surface area contributed by atoms with Gasteiger partial charge >= 0.3 is 0 Å². The molecule has 0 saturated carbocycles. The number of hydrogen-bond donors (Lipinski definition) is 4. The number of nitrogens with one attached hydrogen (secondary N) is 4. The molecule has 4 N–H and O–H groups in total. The Morgan fingerprint density at radius 2 is 1.50 bits per heavy atom. The standard InChI is InChI=1S/C57H58ClN7O9/c1-36-40(17-10-18-42(36)39-15-3-2-4-16-39)35-74-49-31-48(73-34-38-14-9-13-37(29-38)32-59)41(30-44(49)58)33-64-28-8-5-21-46(64)54(69)61-27-7-6-26-60-50(66)22-12-23-51(67)62-45-20-11-19-43-53(45)57(72)65(56(43)71)47-24-25-52(68)63-55(47)70/h2-4,9-11,13-20,29-31,46-47H,5-8,12,21-28,33-35H2,1H3,(H,60,66)(H,61,69)(H,62,67)(H,63,68,70). The van der Waals surface area contributed by atoms with Crippen molar-refractivity contribution >= 4 is 58.6 Å². The third kappa shape index (κ3) is 12.8. The zero-order valence-electron chi connectivity index (χ0n) is 41.2. The van der Waals surface area contributed by atoms with Crippen molar-refractivity contribution in [3.63, 3.8) is 0 Å². The van der Waals surface area contributed by atoms with Crippen LogP contribution in [-0.4, -0.2) is 82.9 Å². The molecule has 8 rings (SSSR count). The number of halogens is 1. The monoisotopic (exact) mass is 1020 g/mol. The Morgan fingerprint density at radius 3 is 2.30 bits per heavy atom. The number of likely N-dealkylation sites (tertiary alicyclic amines) is 1. The van der Waals surface area contributed by atoms with Crippen molar-refractivity contribution in [3.8, 4) is 28.7 Å². The number of imide groups is 2. The Bertz CT molecular complexity index is 2990. The molecule has 3 aliphatic rings. The van der Waals surface area contributed by atoms with Crippen LogP contribution in [0.3, 0.4) is 0 Å². The lowest BCUT2D eigenvalue weighted by atomic mass is 9.97. The first-order chi connectivity index (χ1) is 35.9. The molecular formula is C57H58ClN7O9. The van der Waals surface area contributed by atoms with E-state index in [1.807, 2.05) is 54.6 Å². The minimum absolute atomic E-state index is 0.0112. The lowest BCUT2D eigenvalue weighted by Crippen LogP contribution is -2.54. The van der Waals surface area contributed by atoms with Crippen molar-refractivity contribution in [2.45, 2.75) is 103 Å². The third-order valence-electron chi connectivity index (χ3n) is 13.5. The van der Waals surface area contributed by atoms with Gasteiger partial charge in [0.15, 0.2) is 0 Å². The van der Waals surface area contributed by atoms with E-state index in [9.17, 15) is 38.8 Å². The van der Waals surface area contributed by atoms with Gasteiger partial charge in [-0.1, -0.05) is 84.8 Å². The number of nitrogens with zero attached hydrogens (tertiary/aromatic N) is 3. The molecule has 3 heterocycles. The lowest BCUT2D eigenvalue weighted by Gasteiger charge is -2.35. The third-order valence-corrected chi connectivity index (χ3v) is 13.8. The molecule has 0 radical (unpaired) electrons. The summed E-state index contributed by atoms with van der Waals surface area (Å²) in [5.41, 5.74) is 6.67. The van der Waals surface area contributed by atoms with Crippen LogP contribution < -0.4 is 30.7 Å².